The van der Waals surface area contributed by atoms with Gasteiger partial charge in [0.15, 0.2) is 5.69 Å². The molecule has 1 N–H and O–H groups in total. The molecule has 116 valence electrons. The normalized spacial score (nSPS) is 10.2. The number of aliphatic hydroxyl groups excluding tert-OH is 1. The molecule has 0 saturated carbocycles. The Morgan fingerprint density at radius 1 is 1.43 bits per heavy atom. The summed E-state index contributed by atoms with van der Waals surface area (Å²) in [4.78, 5) is 27.6. The summed E-state index contributed by atoms with van der Waals surface area (Å²) in [7, 11) is 2.90. The van der Waals surface area contributed by atoms with E-state index in [0.717, 1.165) is 12.8 Å². The largest absolute Gasteiger partial charge is 0.464 e. The van der Waals surface area contributed by atoms with Crippen LogP contribution < -0.4 is 4.90 Å². The molecule has 21 heavy (non-hydrogen) atoms. The number of esters is 1. The van der Waals surface area contributed by atoms with Crippen molar-refractivity contribution in [1.82, 2.24) is 4.98 Å². The third-order valence-electron chi connectivity index (χ3n) is 2.96. The van der Waals surface area contributed by atoms with E-state index < -0.39 is 10.9 Å². The van der Waals surface area contributed by atoms with Crippen LogP contribution in [-0.4, -0.2) is 48.3 Å². The van der Waals surface area contributed by atoms with Crippen LogP contribution in [0.4, 0.5) is 11.5 Å². The number of unbranched alkanes of at least 4 members (excludes halogenated alkanes) is 2. The fourth-order valence-electron chi connectivity index (χ4n) is 1.83. The maximum Gasteiger partial charge on any atom is 0.356 e. The first-order chi connectivity index (χ1) is 10.0. The van der Waals surface area contributed by atoms with Crippen molar-refractivity contribution in [1.29, 1.82) is 0 Å². The fraction of sp³-hybridized carbons (Fsp3) is 0.538. The van der Waals surface area contributed by atoms with Crippen LogP contribution in [0.15, 0.2) is 12.1 Å². The van der Waals surface area contributed by atoms with Gasteiger partial charge in [-0.1, -0.05) is 0 Å². The van der Waals surface area contributed by atoms with Crippen LogP contribution in [0.3, 0.4) is 0 Å². The second-order valence-corrected chi connectivity index (χ2v) is 4.49. The summed E-state index contributed by atoms with van der Waals surface area (Å²) in [6.45, 7) is 0.665. The lowest BCUT2D eigenvalue weighted by Crippen LogP contribution is -2.22. The summed E-state index contributed by atoms with van der Waals surface area (Å²) in [6, 6.07) is 2.52. The van der Waals surface area contributed by atoms with Crippen molar-refractivity contribution in [3.8, 4) is 0 Å². The lowest BCUT2D eigenvalue weighted by atomic mass is 10.2. The lowest BCUT2D eigenvalue weighted by Gasteiger charge is -2.18. The van der Waals surface area contributed by atoms with Gasteiger partial charge in [-0.3, -0.25) is 10.1 Å². The lowest BCUT2D eigenvalue weighted by molar-refractivity contribution is -0.384. The predicted molar refractivity (Wildman–Crippen MR) is 76.4 cm³/mol. The zero-order chi connectivity index (χ0) is 15.8. The molecule has 1 heterocycles. The van der Waals surface area contributed by atoms with Crippen molar-refractivity contribution in [2.45, 2.75) is 19.3 Å². The van der Waals surface area contributed by atoms with E-state index in [9.17, 15) is 14.9 Å². The Bertz CT molecular complexity index is 507. The Hall–Kier alpha value is -2.22. The van der Waals surface area contributed by atoms with Gasteiger partial charge in [-0.25, -0.2) is 9.78 Å². The van der Waals surface area contributed by atoms with E-state index in [1.54, 1.807) is 11.9 Å². The van der Waals surface area contributed by atoms with Crippen LogP contribution in [0.25, 0.3) is 0 Å². The third kappa shape index (κ3) is 4.67. The zero-order valence-electron chi connectivity index (χ0n) is 12.1. The van der Waals surface area contributed by atoms with E-state index in [-0.39, 0.29) is 23.8 Å². The van der Waals surface area contributed by atoms with E-state index in [2.05, 4.69) is 9.72 Å². The Kier molecular flexibility index (Phi) is 6.54. The van der Waals surface area contributed by atoms with Crippen LogP contribution in [-0.2, 0) is 4.74 Å². The van der Waals surface area contributed by atoms with E-state index in [1.807, 2.05) is 0 Å². The summed E-state index contributed by atoms with van der Waals surface area (Å²) < 4.78 is 4.57. The van der Waals surface area contributed by atoms with E-state index in [1.165, 1.54) is 19.2 Å². The second kappa shape index (κ2) is 8.15. The SMILES string of the molecule is COC(=O)c1ccc([N+](=O)[O-])c(N(C)CCCCCO)n1. The molecule has 1 aromatic rings. The van der Waals surface area contributed by atoms with Crippen LogP contribution in [0.2, 0.25) is 0 Å². The molecule has 0 aliphatic carbocycles. The van der Waals surface area contributed by atoms with Crippen molar-refractivity contribution in [3.63, 3.8) is 0 Å². The van der Waals surface area contributed by atoms with Gasteiger partial charge in [-0.15, -0.1) is 0 Å². The number of anilines is 1. The number of aromatic nitrogens is 1. The summed E-state index contributed by atoms with van der Waals surface area (Å²) in [5, 5.41) is 19.8. The minimum Gasteiger partial charge on any atom is -0.464 e. The molecule has 0 radical (unpaired) electrons. The minimum absolute atomic E-state index is 0.0281. The van der Waals surface area contributed by atoms with E-state index >= 15 is 0 Å². The number of hydrogen-bond acceptors (Lipinski definition) is 7. The number of carbonyl (C=O) groups excluding carboxylic acids is 1. The molecule has 8 heteroatoms. The number of nitro groups is 1. The molecule has 0 aliphatic rings. The van der Waals surface area contributed by atoms with Crippen LogP contribution in [0, 0.1) is 10.1 Å². The average molecular weight is 297 g/mol. The minimum atomic E-state index is -0.639. The predicted octanol–water partition coefficient (Wildman–Crippen LogP) is 1.38. The van der Waals surface area contributed by atoms with Crippen molar-refractivity contribution >= 4 is 17.5 Å². The Balaban J connectivity index is 2.94. The molecule has 0 unspecified atom stereocenters. The molecule has 0 spiro atoms. The monoisotopic (exact) mass is 297 g/mol. The highest BCUT2D eigenvalue weighted by molar-refractivity contribution is 5.88. The summed E-state index contributed by atoms with van der Waals surface area (Å²) in [6.07, 6.45) is 2.26. The number of ether oxygens (including phenoxy) is 1. The number of rotatable bonds is 8. The highest BCUT2D eigenvalue weighted by Crippen LogP contribution is 2.25. The highest BCUT2D eigenvalue weighted by Gasteiger charge is 2.21. The standard InChI is InChI=1S/C13H19N3O5/c1-15(8-4-3-5-9-17)12-11(16(19)20)7-6-10(14-12)13(18)21-2/h6-7,17H,3-5,8-9H2,1-2H3. The number of pyridine rings is 1. The third-order valence-corrected chi connectivity index (χ3v) is 2.96. The molecular weight excluding hydrogens is 278 g/mol. The van der Waals surface area contributed by atoms with Crippen molar-refractivity contribution in [2.75, 3.05) is 32.2 Å². The molecule has 0 fully saturated rings. The first kappa shape index (κ1) is 16.8. The summed E-state index contributed by atoms with van der Waals surface area (Å²) in [5.41, 5.74) is -0.132. The highest BCUT2D eigenvalue weighted by atomic mass is 16.6. The van der Waals surface area contributed by atoms with E-state index in [4.69, 9.17) is 5.11 Å². The quantitative estimate of drug-likeness (QED) is 0.334. The van der Waals surface area contributed by atoms with Crippen molar-refractivity contribution < 1.29 is 19.6 Å². The molecule has 0 bridgehead atoms. The second-order valence-electron chi connectivity index (χ2n) is 4.49. The van der Waals surface area contributed by atoms with Gasteiger partial charge < -0.3 is 14.7 Å². The van der Waals surface area contributed by atoms with Gasteiger partial charge in [0.05, 0.1) is 12.0 Å². The molecule has 0 atom stereocenters. The number of methoxy groups -OCH3 is 1. The van der Waals surface area contributed by atoms with Crippen molar-refractivity contribution in [2.24, 2.45) is 0 Å². The van der Waals surface area contributed by atoms with Crippen LogP contribution in [0.5, 0.6) is 0 Å². The molecule has 0 saturated heterocycles. The van der Waals surface area contributed by atoms with Gasteiger partial charge in [-0.05, 0) is 25.3 Å². The fourth-order valence-corrected chi connectivity index (χ4v) is 1.83. The van der Waals surface area contributed by atoms with Crippen molar-refractivity contribution in [3.05, 3.63) is 27.9 Å². The topological polar surface area (TPSA) is 106 Å². The summed E-state index contributed by atoms with van der Waals surface area (Å²) in [5.74, 6) is -0.508. The molecule has 1 rings (SSSR count). The zero-order valence-corrected chi connectivity index (χ0v) is 12.1. The van der Waals surface area contributed by atoms with Crippen LogP contribution >= 0.6 is 0 Å². The summed E-state index contributed by atoms with van der Waals surface area (Å²) >= 11 is 0. The van der Waals surface area contributed by atoms with Gasteiger partial charge in [0.25, 0.3) is 0 Å². The maximum atomic E-state index is 11.5. The van der Waals surface area contributed by atoms with Gasteiger partial charge in [0, 0.05) is 26.3 Å². The smallest absolute Gasteiger partial charge is 0.356 e. The first-order valence-electron chi connectivity index (χ1n) is 6.57. The molecule has 0 aromatic carbocycles. The van der Waals surface area contributed by atoms with Crippen LogP contribution in [0.1, 0.15) is 29.8 Å². The Labute approximate surface area is 122 Å². The van der Waals surface area contributed by atoms with Gasteiger partial charge >= 0.3 is 11.7 Å². The van der Waals surface area contributed by atoms with E-state index in [0.29, 0.717) is 13.0 Å². The molecule has 0 amide bonds. The first-order valence-corrected chi connectivity index (χ1v) is 6.57. The number of carbonyl (C=O) groups is 1. The van der Waals surface area contributed by atoms with Gasteiger partial charge in [-0.2, -0.15) is 0 Å². The van der Waals surface area contributed by atoms with Gasteiger partial charge in [0.2, 0.25) is 5.82 Å². The molecule has 1 aromatic heterocycles. The Morgan fingerprint density at radius 2 is 2.14 bits per heavy atom. The molecule has 0 aliphatic heterocycles. The molecule has 8 nitrogen and oxygen atoms in total. The van der Waals surface area contributed by atoms with Gasteiger partial charge in [0.1, 0.15) is 0 Å². The number of hydrogen-bond donors (Lipinski definition) is 1. The number of aliphatic hydroxyl groups is 1. The molecular formula is C13H19N3O5. The average Bonchev–Trinajstić information content (AvgIpc) is 2.49. The Morgan fingerprint density at radius 3 is 2.71 bits per heavy atom. The maximum absolute atomic E-state index is 11.5. The number of nitrogens with zero attached hydrogens (tertiary/aromatic N) is 3.